The Hall–Kier alpha value is -2.14. The van der Waals surface area contributed by atoms with Crippen LogP contribution in [-0.4, -0.2) is 20.9 Å². The third kappa shape index (κ3) is 3.15. The van der Waals surface area contributed by atoms with Gasteiger partial charge in [0.2, 0.25) is 0 Å². The van der Waals surface area contributed by atoms with Crippen molar-refractivity contribution in [3.05, 3.63) is 59.4 Å². The molecule has 1 aliphatic rings. The van der Waals surface area contributed by atoms with Crippen LogP contribution in [0.4, 0.5) is 0 Å². The maximum absolute atomic E-state index is 11.2. The lowest BCUT2D eigenvalue weighted by molar-refractivity contribution is 0.112. The van der Waals surface area contributed by atoms with Crippen LogP contribution in [0.25, 0.3) is 5.65 Å². The number of carbonyl (C=O) groups is 1. The van der Waals surface area contributed by atoms with E-state index in [1.165, 1.54) is 18.4 Å². The lowest BCUT2D eigenvalue weighted by atomic mass is 10.2. The zero-order valence-electron chi connectivity index (χ0n) is 12.7. The molecule has 1 aromatic carbocycles. The smallest absolute Gasteiger partial charge is 0.167 e. The van der Waals surface area contributed by atoms with Crippen LogP contribution in [0.1, 0.15) is 34.5 Å². The summed E-state index contributed by atoms with van der Waals surface area (Å²) in [6.07, 6.45) is 6.04. The minimum absolute atomic E-state index is 0.559. The number of thioether (sulfide) groups is 1. The van der Waals surface area contributed by atoms with E-state index in [0.717, 1.165) is 35.1 Å². The van der Waals surface area contributed by atoms with E-state index in [9.17, 15) is 4.79 Å². The van der Waals surface area contributed by atoms with Crippen molar-refractivity contribution in [1.82, 2.24) is 14.6 Å². The molecule has 0 saturated heterocycles. The Morgan fingerprint density at radius 3 is 2.83 bits per heavy atom. The molecule has 1 aliphatic carbocycles. The second-order valence-electron chi connectivity index (χ2n) is 5.96. The van der Waals surface area contributed by atoms with Crippen molar-refractivity contribution in [2.24, 2.45) is 5.92 Å². The van der Waals surface area contributed by atoms with Crippen molar-refractivity contribution in [2.75, 3.05) is 0 Å². The van der Waals surface area contributed by atoms with Gasteiger partial charge in [-0.2, -0.15) is 5.10 Å². The molecule has 0 radical (unpaired) electrons. The fraction of sp³-hybridized carbons (Fsp3) is 0.278. The highest BCUT2D eigenvalue weighted by Crippen LogP contribution is 2.33. The predicted octanol–water partition coefficient (Wildman–Crippen LogP) is 3.79. The maximum Gasteiger partial charge on any atom is 0.167 e. The van der Waals surface area contributed by atoms with Crippen LogP contribution in [0.15, 0.2) is 47.6 Å². The second-order valence-corrected chi connectivity index (χ2v) is 6.96. The van der Waals surface area contributed by atoms with Gasteiger partial charge in [0.25, 0.3) is 0 Å². The molecule has 3 aromatic rings. The predicted molar refractivity (Wildman–Crippen MR) is 90.8 cm³/mol. The fourth-order valence-electron chi connectivity index (χ4n) is 2.67. The molecule has 0 atom stereocenters. The van der Waals surface area contributed by atoms with Crippen LogP contribution < -0.4 is 0 Å². The topological polar surface area (TPSA) is 47.3 Å². The molecule has 0 bridgehead atoms. The standard InChI is InChI=1S/C18H17N3OS/c22-11-15-10-19-21-16(8-13-6-7-13)9-17(20-18(15)21)23-12-14-4-2-1-3-5-14/h1-5,9-11,13H,6-8,12H2. The van der Waals surface area contributed by atoms with E-state index in [2.05, 4.69) is 28.3 Å². The Balaban J connectivity index is 1.66. The van der Waals surface area contributed by atoms with Crippen molar-refractivity contribution in [3.8, 4) is 0 Å². The Morgan fingerprint density at radius 1 is 1.26 bits per heavy atom. The molecule has 0 unspecified atom stereocenters. The Bertz CT molecular complexity index is 840. The molecule has 0 spiro atoms. The van der Waals surface area contributed by atoms with E-state index in [4.69, 9.17) is 0 Å². The van der Waals surface area contributed by atoms with Crippen LogP contribution in [-0.2, 0) is 12.2 Å². The Kier molecular flexibility index (Phi) is 3.87. The average molecular weight is 323 g/mol. The van der Waals surface area contributed by atoms with E-state index in [0.29, 0.717) is 11.2 Å². The van der Waals surface area contributed by atoms with Gasteiger partial charge in [-0.05, 0) is 36.8 Å². The van der Waals surface area contributed by atoms with Gasteiger partial charge in [-0.25, -0.2) is 9.50 Å². The van der Waals surface area contributed by atoms with Crippen LogP contribution in [0, 0.1) is 5.92 Å². The lowest BCUT2D eigenvalue weighted by Crippen LogP contribution is -2.03. The van der Waals surface area contributed by atoms with Crippen molar-refractivity contribution in [2.45, 2.75) is 30.0 Å². The Labute approximate surface area is 138 Å². The van der Waals surface area contributed by atoms with Crippen LogP contribution in [0.2, 0.25) is 0 Å². The number of aldehydes is 1. The van der Waals surface area contributed by atoms with Crippen LogP contribution in [0.3, 0.4) is 0 Å². The van der Waals surface area contributed by atoms with E-state index >= 15 is 0 Å². The summed E-state index contributed by atoms with van der Waals surface area (Å²) in [4.78, 5) is 15.9. The summed E-state index contributed by atoms with van der Waals surface area (Å²) in [6, 6.07) is 12.5. The highest BCUT2D eigenvalue weighted by Gasteiger charge is 2.24. The van der Waals surface area contributed by atoms with Gasteiger partial charge in [0.05, 0.1) is 11.8 Å². The molecule has 0 amide bonds. The van der Waals surface area contributed by atoms with Gasteiger partial charge in [-0.3, -0.25) is 4.79 Å². The van der Waals surface area contributed by atoms with E-state index in [1.54, 1.807) is 18.0 Å². The van der Waals surface area contributed by atoms with Gasteiger partial charge in [0, 0.05) is 11.4 Å². The van der Waals surface area contributed by atoms with Crippen molar-refractivity contribution in [3.63, 3.8) is 0 Å². The van der Waals surface area contributed by atoms with Gasteiger partial charge < -0.3 is 0 Å². The largest absolute Gasteiger partial charge is 0.298 e. The first-order chi connectivity index (χ1) is 11.3. The average Bonchev–Trinajstić information content (AvgIpc) is 3.30. The van der Waals surface area contributed by atoms with E-state index < -0.39 is 0 Å². The first-order valence-corrected chi connectivity index (χ1v) is 8.81. The summed E-state index contributed by atoms with van der Waals surface area (Å²) in [5, 5.41) is 5.30. The van der Waals surface area contributed by atoms with Gasteiger partial charge in [0.1, 0.15) is 5.03 Å². The SMILES string of the molecule is O=Cc1cnn2c(CC3CC3)cc(SCc3ccccc3)nc12. The third-order valence-corrected chi connectivity index (χ3v) is 5.08. The molecule has 0 N–H and O–H groups in total. The summed E-state index contributed by atoms with van der Waals surface area (Å²) < 4.78 is 1.83. The summed E-state index contributed by atoms with van der Waals surface area (Å²) in [5.41, 5.74) is 3.66. The third-order valence-electron chi connectivity index (χ3n) is 4.10. The first kappa shape index (κ1) is 14.5. The van der Waals surface area contributed by atoms with Gasteiger partial charge in [0.15, 0.2) is 11.9 Å². The summed E-state index contributed by atoms with van der Waals surface area (Å²) in [7, 11) is 0. The first-order valence-electron chi connectivity index (χ1n) is 7.83. The van der Waals surface area contributed by atoms with Crippen LogP contribution >= 0.6 is 11.8 Å². The molecular formula is C18H17N3OS. The van der Waals surface area contributed by atoms with Gasteiger partial charge >= 0.3 is 0 Å². The maximum atomic E-state index is 11.2. The molecule has 2 heterocycles. The second kappa shape index (κ2) is 6.16. The molecule has 1 saturated carbocycles. The number of nitrogens with zero attached hydrogens (tertiary/aromatic N) is 3. The molecule has 5 heteroatoms. The highest BCUT2D eigenvalue weighted by atomic mass is 32.2. The lowest BCUT2D eigenvalue weighted by Gasteiger charge is -2.08. The highest BCUT2D eigenvalue weighted by molar-refractivity contribution is 7.98. The van der Waals surface area contributed by atoms with Crippen molar-refractivity contribution in [1.29, 1.82) is 0 Å². The van der Waals surface area contributed by atoms with Gasteiger partial charge in [-0.1, -0.05) is 30.3 Å². The van der Waals surface area contributed by atoms with Gasteiger partial charge in [-0.15, -0.1) is 11.8 Å². The number of carbonyl (C=O) groups excluding carboxylic acids is 1. The van der Waals surface area contributed by atoms with E-state index in [1.807, 2.05) is 22.7 Å². The molecule has 4 nitrogen and oxygen atoms in total. The molecule has 116 valence electrons. The Morgan fingerprint density at radius 2 is 2.09 bits per heavy atom. The molecule has 0 aliphatic heterocycles. The van der Waals surface area contributed by atoms with Crippen LogP contribution in [0.5, 0.6) is 0 Å². The zero-order valence-corrected chi connectivity index (χ0v) is 13.5. The zero-order chi connectivity index (χ0) is 15.6. The summed E-state index contributed by atoms with van der Waals surface area (Å²) in [5.74, 6) is 1.63. The number of hydrogen-bond donors (Lipinski definition) is 0. The molecule has 23 heavy (non-hydrogen) atoms. The number of aromatic nitrogens is 3. The monoisotopic (exact) mass is 323 g/mol. The number of rotatable bonds is 6. The number of hydrogen-bond acceptors (Lipinski definition) is 4. The minimum atomic E-state index is 0.559. The fourth-order valence-corrected chi connectivity index (χ4v) is 3.55. The molecule has 4 rings (SSSR count). The summed E-state index contributed by atoms with van der Waals surface area (Å²) >= 11 is 1.70. The molecule has 1 fully saturated rings. The normalized spacial score (nSPS) is 14.3. The molecule has 2 aromatic heterocycles. The quantitative estimate of drug-likeness (QED) is 0.393. The number of benzene rings is 1. The summed E-state index contributed by atoms with van der Waals surface area (Å²) in [6.45, 7) is 0. The molecular weight excluding hydrogens is 306 g/mol. The minimum Gasteiger partial charge on any atom is -0.298 e. The number of fused-ring (bicyclic) bond motifs is 1. The van der Waals surface area contributed by atoms with E-state index in [-0.39, 0.29) is 0 Å². The van der Waals surface area contributed by atoms with Crippen molar-refractivity contribution >= 4 is 23.7 Å². The van der Waals surface area contributed by atoms with Crippen molar-refractivity contribution < 1.29 is 4.79 Å².